The summed E-state index contributed by atoms with van der Waals surface area (Å²) in [6, 6.07) is 9.42. The maximum Gasteiger partial charge on any atom is 0.232 e. The van der Waals surface area contributed by atoms with Crippen LogP contribution in [0.3, 0.4) is 0 Å². The van der Waals surface area contributed by atoms with Crippen LogP contribution in [-0.4, -0.2) is 21.8 Å². The second-order valence-electron chi connectivity index (χ2n) is 6.08. The average molecular weight is 338 g/mol. The molecule has 6 nitrogen and oxygen atoms in total. The van der Waals surface area contributed by atoms with Gasteiger partial charge in [0.05, 0.1) is 17.0 Å². The summed E-state index contributed by atoms with van der Waals surface area (Å²) in [6.07, 6.45) is 0.0237. The highest BCUT2D eigenvalue weighted by atomic mass is 19.1. The van der Waals surface area contributed by atoms with Gasteiger partial charge < -0.3 is 15.6 Å². The summed E-state index contributed by atoms with van der Waals surface area (Å²) in [5.41, 5.74) is 3.19. The van der Waals surface area contributed by atoms with E-state index < -0.39 is 11.7 Å². The predicted molar refractivity (Wildman–Crippen MR) is 91.8 cm³/mol. The van der Waals surface area contributed by atoms with Gasteiger partial charge in [-0.25, -0.2) is 9.37 Å². The molecule has 0 bridgehead atoms. The first kappa shape index (κ1) is 15.3. The van der Waals surface area contributed by atoms with Crippen molar-refractivity contribution in [1.29, 1.82) is 0 Å². The number of aromatic amines is 1. The van der Waals surface area contributed by atoms with Gasteiger partial charge in [0.2, 0.25) is 11.8 Å². The fourth-order valence-electron chi connectivity index (χ4n) is 3.12. The molecule has 0 radical (unpaired) electrons. The molecule has 1 aliphatic heterocycles. The largest absolute Gasteiger partial charge is 0.342 e. The first-order valence-electron chi connectivity index (χ1n) is 7.86. The van der Waals surface area contributed by atoms with Gasteiger partial charge in [0.1, 0.15) is 11.6 Å². The van der Waals surface area contributed by atoms with Gasteiger partial charge in [0.25, 0.3) is 0 Å². The van der Waals surface area contributed by atoms with Crippen molar-refractivity contribution >= 4 is 34.2 Å². The molecule has 7 heteroatoms. The predicted octanol–water partition coefficient (Wildman–Crippen LogP) is 3.07. The molecule has 126 valence electrons. The van der Waals surface area contributed by atoms with E-state index in [9.17, 15) is 14.0 Å². The van der Waals surface area contributed by atoms with Crippen LogP contribution in [0.1, 0.15) is 23.7 Å². The van der Waals surface area contributed by atoms with E-state index in [0.717, 1.165) is 16.9 Å². The van der Waals surface area contributed by atoms with Crippen molar-refractivity contribution in [3.63, 3.8) is 0 Å². The van der Waals surface area contributed by atoms with Crippen LogP contribution < -0.4 is 10.6 Å². The first-order valence-corrected chi connectivity index (χ1v) is 7.86. The summed E-state index contributed by atoms with van der Waals surface area (Å²) in [7, 11) is 0. The molecule has 0 saturated heterocycles. The summed E-state index contributed by atoms with van der Waals surface area (Å²) < 4.78 is 13.4. The molecule has 2 heterocycles. The van der Waals surface area contributed by atoms with E-state index in [1.807, 2.05) is 13.0 Å². The Morgan fingerprint density at radius 3 is 2.96 bits per heavy atom. The van der Waals surface area contributed by atoms with Crippen LogP contribution in [0, 0.1) is 12.7 Å². The molecule has 3 aromatic rings. The molecule has 0 fully saturated rings. The number of carbonyl (C=O) groups is 2. The Bertz CT molecular complexity index is 1010. The number of nitrogens with one attached hydrogen (secondary N) is 3. The summed E-state index contributed by atoms with van der Waals surface area (Å²) >= 11 is 0. The van der Waals surface area contributed by atoms with Crippen LogP contribution in [-0.2, 0) is 9.59 Å². The molecule has 0 aliphatic carbocycles. The molecule has 1 aromatic heterocycles. The number of imidazole rings is 1. The lowest BCUT2D eigenvalue weighted by Gasteiger charge is -2.24. The van der Waals surface area contributed by atoms with E-state index in [1.165, 1.54) is 18.2 Å². The number of hydrogen-bond acceptors (Lipinski definition) is 3. The Morgan fingerprint density at radius 1 is 1.28 bits per heavy atom. The smallest absolute Gasteiger partial charge is 0.232 e. The Hall–Kier alpha value is -3.22. The van der Waals surface area contributed by atoms with Crippen LogP contribution in [0.4, 0.5) is 15.8 Å². The highest BCUT2D eigenvalue weighted by Gasteiger charge is 2.31. The van der Waals surface area contributed by atoms with Crippen LogP contribution in [0.5, 0.6) is 0 Å². The second kappa shape index (κ2) is 5.70. The monoisotopic (exact) mass is 338 g/mol. The molecule has 2 aromatic carbocycles. The molecule has 1 atom stereocenters. The fourth-order valence-corrected chi connectivity index (χ4v) is 3.12. The van der Waals surface area contributed by atoms with Gasteiger partial charge >= 0.3 is 0 Å². The number of nitrogens with zero attached hydrogens (tertiary/aromatic N) is 1. The van der Waals surface area contributed by atoms with Gasteiger partial charge in [-0.3, -0.25) is 9.59 Å². The zero-order chi connectivity index (χ0) is 17.6. The Balaban J connectivity index is 1.63. The average Bonchev–Trinajstić information content (AvgIpc) is 2.92. The Morgan fingerprint density at radius 2 is 2.12 bits per heavy atom. The Kier molecular flexibility index (Phi) is 3.49. The zero-order valence-electron chi connectivity index (χ0n) is 13.4. The SMILES string of the molecule is Cc1nc2ccc(NC(=O)C3CC(=O)Nc4cc(F)ccc43)cc2[nH]1. The fraction of sp³-hybridized carbons (Fsp3) is 0.167. The van der Waals surface area contributed by atoms with E-state index in [1.54, 1.807) is 12.1 Å². The third-order valence-electron chi connectivity index (χ3n) is 4.24. The minimum atomic E-state index is -0.663. The highest BCUT2D eigenvalue weighted by molar-refractivity contribution is 6.05. The third-order valence-corrected chi connectivity index (χ3v) is 4.24. The number of fused-ring (bicyclic) bond motifs is 2. The van der Waals surface area contributed by atoms with Crippen molar-refractivity contribution in [1.82, 2.24) is 9.97 Å². The van der Waals surface area contributed by atoms with Crippen LogP contribution in [0.2, 0.25) is 0 Å². The van der Waals surface area contributed by atoms with Crippen molar-refractivity contribution in [2.45, 2.75) is 19.3 Å². The van der Waals surface area contributed by atoms with Crippen molar-refractivity contribution < 1.29 is 14.0 Å². The Labute approximate surface area is 142 Å². The molecule has 1 unspecified atom stereocenters. The number of benzene rings is 2. The molecule has 1 aliphatic rings. The van der Waals surface area contributed by atoms with Gasteiger partial charge in [-0.05, 0) is 42.8 Å². The van der Waals surface area contributed by atoms with E-state index in [0.29, 0.717) is 16.9 Å². The number of anilines is 2. The van der Waals surface area contributed by atoms with Crippen molar-refractivity contribution in [2.75, 3.05) is 10.6 Å². The summed E-state index contributed by atoms with van der Waals surface area (Å²) in [5.74, 6) is -0.946. The van der Waals surface area contributed by atoms with Crippen LogP contribution in [0.25, 0.3) is 11.0 Å². The topological polar surface area (TPSA) is 86.9 Å². The van der Waals surface area contributed by atoms with E-state index >= 15 is 0 Å². The van der Waals surface area contributed by atoms with Gasteiger partial charge in [0, 0.05) is 17.8 Å². The van der Waals surface area contributed by atoms with Crippen LogP contribution in [0.15, 0.2) is 36.4 Å². The molecular weight excluding hydrogens is 323 g/mol. The van der Waals surface area contributed by atoms with E-state index in [-0.39, 0.29) is 18.2 Å². The molecule has 25 heavy (non-hydrogen) atoms. The summed E-state index contributed by atoms with van der Waals surface area (Å²) in [4.78, 5) is 32.0. The minimum Gasteiger partial charge on any atom is -0.342 e. The summed E-state index contributed by atoms with van der Waals surface area (Å²) in [6.45, 7) is 1.86. The van der Waals surface area contributed by atoms with Crippen molar-refractivity contribution in [2.24, 2.45) is 0 Å². The lowest BCUT2D eigenvalue weighted by molar-refractivity contribution is -0.123. The molecule has 2 amide bonds. The second-order valence-corrected chi connectivity index (χ2v) is 6.08. The molecular formula is C18H15FN4O2. The number of amides is 2. The number of halogens is 1. The van der Waals surface area contributed by atoms with Crippen molar-refractivity contribution in [3.05, 3.63) is 53.6 Å². The zero-order valence-corrected chi connectivity index (χ0v) is 13.4. The molecule has 0 saturated carbocycles. The lowest BCUT2D eigenvalue weighted by Crippen LogP contribution is -2.30. The number of carbonyl (C=O) groups excluding carboxylic acids is 2. The summed E-state index contributed by atoms with van der Waals surface area (Å²) in [5, 5.41) is 5.43. The normalized spacial score (nSPS) is 16.4. The number of aromatic nitrogens is 2. The molecule has 3 N–H and O–H groups in total. The van der Waals surface area contributed by atoms with E-state index in [4.69, 9.17) is 0 Å². The first-order chi connectivity index (χ1) is 12.0. The number of H-pyrrole nitrogens is 1. The van der Waals surface area contributed by atoms with Crippen LogP contribution >= 0.6 is 0 Å². The molecule has 0 spiro atoms. The van der Waals surface area contributed by atoms with Crippen molar-refractivity contribution in [3.8, 4) is 0 Å². The minimum absolute atomic E-state index is 0.0237. The molecule has 4 rings (SSSR count). The third kappa shape index (κ3) is 2.84. The number of aryl methyl sites for hydroxylation is 1. The van der Waals surface area contributed by atoms with Gasteiger partial charge in [-0.1, -0.05) is 6.07 Å². The van der Waals surface area contributed by atoms with Gasteiger partial charge in [-0.2, -0.15) is 0 Å². The van der Waals surface area contributed by atoms with Gasteiger partial charge in [-0.15, -0.1) is 0 Å². The highest BCUT2D eigenvalue weighted by Crippen LogP contribution is 2.33. The maximum absolute atomic E-state index is 13.4. The lowest BCUT2D eigenvalue weighted by atomic mass is 9.89. The number of hydrogen-bond donors (Lipinski definition) is 3. The standard InChI is InChI=1S/C18H15FN4O2/c1-9-20-14-5-3-11(7-16(14)21-9)22-18(25)13-8-17(24)23-15-6-10(19)2-4-12(13)15/h2-7,13H,8H2,1H3,(H,20,21)(H,22,25)(H,23,24). The quantitative estimate of drug-likeness (QED) is 0.671. The number of rotatable bonds is 2. The van der Waals surface area contributed by atoms with Gasteiger partial charge in [0.15, 0.2) is 0 Å². The van der Waals surface area contributed by atoms with E-state index in [2.05, 4.69) is 20.6 Å². The maximum atomic E-state index is 13.4.